The lowest BCUT2D eigenvalue weighted by atomic mass is 10.0. The molecule has 6 nitrogen and oxygen atoms in total. The summed E-state index contributed by atoms with van der Waals surface area (Å²) in [6.07, 6.45) is -0.0442. The number of rotatable bonds is 6. The number of carbonyl (C=O) groups is 2. The predicted octanol–water partition coefficient (Wildman–Crippen LogP) is 5.02. The number of nitrogens with one attached hydrogen (secondary N) is 1. The average Bonchev–Trinajstić information content (AvgIpc) is 3.06. The Balaban J connectivity index is 1.78. The van der Waals surface area contributed by atoms with Gasteiger partial charge in [0.1, 0.15) is 11.4 Å². The number of nitrogens with zero attached hydrogens (tertiary/aromatic N) is 2. The van der Waals surface area contributed by atoms with Gasteiger partial charge in [0.15, 0.2) is 11.6 Å². The molecule has 0 aliphatic carbocycles. The second-order valence-electron chi connectivity index (χ2n) is 7.80. The van der Waals surface area contributed by atoms with Gasteiger partial charge in [0.25, 0.3) is 11.8 Å². The van der Waals surface area contributed by atoms with Crippen LogP contribution in [-0.4, -0.2) is 17.9 Å². The lowest BCUT2D eigenvalue weighted by molar-refractivity contribution is -0.120. The van der Waals surface area contributed by atoms with Crippen LogP contribution < -0.4 is 15.0 Å². The van der Waals surface area contributed by atoms with Crippen molar-refractivity contribution in [2.24, 2.45) is 0 Å². The Labute approximate surface area is 194 Å². The van der Waals surface area contributed by atoms with E-state index in [0.717, 1.165) is 17.0 Å². The fourth-order valence-corrected chi connectivity index (χ4v) is 3.52. The monoisotopic (exact) mass is 459 g/mol. The molecule has 1 N–H and O–H groups in total. The summed E-state index contributed by atoms with van der Waals surface area (Å²) in [6, 6.07) is 17.7. The summed E-state index contributed by atoms with van der Waals surface area (Å²) in [5.41, 5.74) is 1.17. The lowest BCUT2D eigenvalue weighted by Crippen LogP contribution is -2.32. The van der Waals surface area contributed by atoms with Crippen LogP contribution in [0.2, 0.25) is 0 Å². The van der Waals surface area contributed by atoms with Gasteiger partial charge in [0.05, 0.1) is 29.0 Å². The summed E-state index contributed by atoms with van der Waals surface area (Å²) in [7, 11) is 0. The highest BCUT2D eigenvalue weighted by Crippen LogP contribution is 2.34. The van der Waals surface area contributed by atoms with Gasteiger partial charge in [0, 0.05) is 11.8 Å². The smallest absolute Gasteiger partial charge is 0.282 e. The third kappa shape index (κ3) is 4.36. The molecule has 2 amide bonds. The van der Waals surface area contributed by atoms with Crippen molar-refractivity contribution in [2.75, 3.05) is 10.2 Å². The van der Waals surface area contributed by atoms with E-state index in [2.05, 4.69) is 5.32 Å². The van der Waals surface area contributed by atoms with Crippen molar-refractivity contribution in [3.8, 4) is 11.8 Å². The number of benzene rings is 3. The van der Waals surface area contributed by atoms with Crippen molar-refractivity contribution in [2.45, 2.75) is 20.0 Å². The standard InChI is InChI=1S/C26H19F2N3O3/c1-15(2)34-20-10-5-17(6-11-20)23-24(30-18-7-12-21(27)22(28)13-18)26(33)31(25(23)32)19-8-3-16(14-29)4-9-19/h3-13,15,30H,1-2H3. The molecule has 0 unspecified atom stereocenters. The number of ether oxygens (including phenoxy) is 1. The number of carbonyl (C=O) groups excluding carboxylic acids is 2. The minimum absolute atomic E-state index is 0.0442. The molecule has 1 aliphatic heterocycles. The van der Waals surface area contributed by atoms with Gasteiger partial charge >= 0.3 is 0 Å². The minimum Gasteiger partial charge on any atom is -0.491 e. The molecule has 170 valence electrons. The second kappa shape index (κ2) is 9.16. The molecule has 0 aromatic heterocycles. The van der Waals surface area contributed by atoms with Crippen LogP contribution in [0.4, 0.5) is 20.2 Å². The van der Waals surface area contributed by atoms with Crippen molar-refractivity contribution >= 4 is 28.8 Å². The fraction of sp³-hybridized carbons (Fsp3) is 0.115. The molecule has 0 bridgehead atoms. The van der Waals surface area contributed by atoms with Gasteiger partial charge in [-0.25, -0.2) is 13.7 Å². The van der Waals surface area contributed by atoms with E-state index in [0.29, 0.717) is 16.9 Å². The maximum Gasteiger partial charge on any atom is 0.282 e. The first kappa shape index (κ1) is 22.7. The van der Waals surface area contributed by atoms with Crippen molar-refractivity contribution < 1.29 is 23.1 Å². The summed E-state index contributed by atoms with van der Waals surface area (Å²) in [5, 5.41) is 11.8. The number of nitriles is 1. The van der Waals surface area contributed by atoms with E-state index >= 15 is 0 Å². The summed E-state index contributed by atoms with van der Waals surface area (Å²) in [4.78, 5) is 27.8. The molecular formula is C26H19F2N3O3. The fourth-order valence-electron chi connectivity index (χ4n) is 3.52. The zero-order valence-electron chi connectivity index (χ0n) is 18.3. The van der Waals surface area contributed by atoms with E-state index in [9.17, 15) is 18.4 Å². The molecule has 0 fully saturated rings. The van der Waals surface area contributed by atoms with Crippen LogP contribution in [0.3, 0.4) is 0 Å². The van der Waals surface area contributed by atoms with E-state index in [1.807, 2.05) is 19.9 Å². The molecule has 3 aromatic rings. The van der Waals surface area contributed by atoms with Crippen LogP contribution in [-0.2, 0) is 9.59 Å². The molecule has 1 aliphatic rings. The molecule has 1 heterocycles. The number of amides is 2. The minimum atomic E-state index is -1.09. The van der Waals surface area contributed by atoms with Gasteiger partial charge in [0.2, 0.25) is 0 Å². The SMILES string of the molecule is CC(C)Oc1ccc(C2=C(Nc3ccc(F)c(F)c3)C(=O)N(c3ccc(C#N)cc3)C2=O)cc1. The molecule has 4 rings (SSSR count). The zero-order valence-corrected chi connectivity index (χ0v) is 18.3. The number of imide groups is 1. The molecule has 0 spiro atoms. The Hall–Kier alpha value is -4.51. The Morgan fingerprint density at radius 1 is 0.912 bits per heavy atom. The first-order valence-corrected chi connectivity index (χ1v) is 10.4. The van der Waals surface area contributed by atoms with Gasteiger partial charge in [-0.15, -0.1) is 0 Å². The van der Waals surface area contributed by atoms with Gasteiger partial charge < -0.3 is 10.1 Å². The molecule has 8 heteroatoms. The van der Waals surface area contributed by atoms with Crippen LogP contribution in [0.1, 0.15) is 25.0 Å². The van der Waals surface area contributed by atoms with Gasteiger partial charge in [-0.2, -0.15) is 5.26 Å². The van der Waals surface area contributed by atoms with E-state index in [-0.39, 0.29) is 28.7 Å². The van der Waals surface area contributed by atoms with E-state index < -0.39 is 23.4 Å². The normalized spacial score (nSPS) is 13.5. The highest BCUT2D eigenvalue weighted by atomic mass is 19.2. The van der Waals surface area contributed by atoms with Crippen LogP contribution in [0.15, 0.2) is 72.4 Å². The molecule has 0 saturated heterocycles. The predicted molar refractivity (Wildman–Crippen MR) is 123 cm³/mol. The maximum atomic E-state index is 13.8. The third-order valence-electron chi connectivity index (χ3n) is 5.04. The summed E-state index contributed by atoms with van der Waals surface area (Å²) < 4.78 is 32.8. The van der Waals surface area contributed by atoms with Crippen molar-refractivity contribution in [1.29, 1.82) is 5.26 Å². The van der Waals surface area contributed by atoms with E-state index in [1.165, 1.54) is 30.3 Å². The number of halogens is 2. The van der Waals surface area contributed by atoms with Crippen molar-refractivity contribution in [3.05, 3.63) is 95.2 Å². The largest absolute Gasteiger partial charge is 0.491 e. The van der Waals surface area contributed by atoms with Crippen molar-refractivity contribution in [3.63, 3.8) is 0 Å². The first-order chi connectivity index (χ1) is 16.3. The zero-order chi connectivity index (χ0) is 24.4. The second-order valence-corrected chi connectivity index (χ2v) is 7.80. The number of anilines is 2. The molecular weight excluding hydrogens is 440 g/mol. The number of hydrogen-bond acceptors (Lipinski definition) is 5. The van der Waals surface area contributed by atoms with Crippen LogP contribution in [0.25, 0.3) is 5.57 Å². The van der Waals surface area contributed by atoms with E-state index in [1.54, 1.807) is 24.3 Å². The third-order valence-corrected chi connectivity index (χ3v) is 5.04. The maximum absolute atomic E-state index is 13.8. The first-order valence-electron chi connectivity index (χ1n) is 10.4. The summed E-state index contributed by atoms with van der Waals surface area (Å²) in [6.45, 7) is 3.77. The van der Waals surface area contributed by atoms with Gasteiger partial charge in [-0.05, 0) is 67.9 Å². The van der Waals surface area contributed by atoms with Crippen LogP contribution >= 0.6 is 0 Å². The van der Waals surface area contributed by atoms with Gasteiger partial charge in [-0.3, -0.25) is 9.59 Å². The molecule has 0 atom stereocenters. The highest BCUT2D eigenvalue weighted by molar-refractivity contribution is 6.46. The topological polar surface area (TPSA) is 82.4 Å². The Morgan fingerprint density at radius 2 is 1.59 bits per heavy atom. The van der Waals surface area contributed by atoms with Crippen molar-refractivity contribution in [1.82, 2.24) is 0 Å². The summed E-state index contributed by atoms with van der Waals surface area (Å²) in [5.74, 6) is -2.80. The van der Waals surface area contributed by atoms with Crippen LogP contribution in [0, 0.1) is 23.0 Å². The Bertz CT molecular complexity index is 1340. The molecule has 0 saturated carbocycles. The summed E-state index contributed by atoms with van der Waals surface area (Å²) >= 11 is 0. The molecule has 0 radical (unpaired) electrons. The Kier molecular flexibility index (Phi) is 6.11. The quantitative estimate of drug-likeness (QED) is 0.524. The van der Waals surface area contributed by atoms with E-state index in [4.69, 9.17) is 10.00 Å². The average molecular weight is 459 g/mol. The highest BCUT2D eigenvalue weighted by Gasteiger charge is 2.40. The van der Waals surface area contributed by atoms with Gasteiger partial charge in [-0.1, -0.05) is 12.1 Å². The van der Waals surface area contributed by atoms with Crippen LogP contribution in [0.5, 0.6) is 5.75 Å². The molecule has 3 aromatic carbocycles. The number of hydrogen-bond donors (Lipinski definition) is 1. The molecule has 34 heavy (non-hydrogen) atoms. The Morgan fingerprint density at radius 3 is 2.18 bits per heavy atom. The lowest BCUT2D eigenvalue weighted by Gasteiger charge is -2.15.